The molecule has 1 aliphatic heterocycles. The molecule has 2 aromatic heterocycles. The van der Waals surface area contributed by atoms with Crippen LogP contribution in [0.3, 0.4) is 0 Å². The molecule has 4 nitrogen and oxygen atoms in total. The number of alkyl halides is 3. The van der Waals surface area contributed by atoms with Gasteiger partial charge in [-0.25, -0.2) is 9.78 Å². The van der Waals surface area contributed by atoms with Crippen LogP contribution in [0, 0.1) is 0 Å². The van der Waals surface area contributed by atoms with E-state index in [-0.39, 0.29) is 22.0 Å². The average Bonchev–Trinajstić information content (AvgIpc) is 2.90. The zero-order valence-electron chi connectivity index (χ0n) is 9.10. The molecule has 0 radical (unpaired) electrons. The molecule has 0 saturated carbocycles. The molecule has 0 atom stereocenters. The minimum absolute atomic E-state index is 0.0300. The lowest BCUT2D eigenvalue weighted by molar-refractivity contribution is -0.133. The average molecular weight is 283 g/mol. The summed E-state index contributed by atoms with van der Waals surface area (Å²) in [7, 11) is 0. The van der Waals surface area contributed by atoms with Crippen LogP contribution in [0.1, 0.15) is 4.88 Å². The Balaban J connectivity index is 2.19. The first-order valence-corrected chi connectivity index (χ1v) is 5.95. The Morgan fingerprint density at radius 2 is 2.00 bits per heavy atom. The maximum atomic E-state index is 12.8. The Morgan fingerprint density at radius 3 is 2.74 bits per heavy atom. The minimum atomic E-state index is -4.42. The van der Waals surface area contributed by atoms with Crippen molar-refractivity contribution in [2.24, 2.45) is 9.98 Å². The number of hydrogen-bond acceptors (Lipinski definition) is 3. The van der Waals surface area contributed by atoms with Crippen LogP contribution >= 0.6 is 11.3 Å². The van der Waals surface area contributed by atoms with Gasteiger partial charge in [0.25, 0.3) is 0 Å². The second-order valence-electron chi connectivity index (χ2n) is 3.73. The lowest BCUT2D eigenvalue weighted by Crippen LogP contribution is -2.25. The van der Waals surface area contributed by atoms with Crippen LogP contribution in [0.2, 0.25) is 0 Å². The number of pyridine rings is 1. The van der Waals surface area contributed by atoms with Gasteiger partial charge in [-0.3, -0.25) is 0 Å². The first-order valence-electron chi connectivity index (χ1n) is 5.08. The van der Waals surface area contributed by atoms with Gasteiger partial charge < -0.3 is 0 Å². The first kappa shape index (κ1) is 12.0. The van der Waals surface area contributed by atoms with Crippen molar-refractivity contribution in [1.29, 1.82) is 0 Å². The molecule has 96 valence electrons. The number of amides is 2. The molecular weight excluding hydrogens is 279 g/mol. The third-order valence-corrected chi connectivity index (χ3v) is 3.46. The highest BCUT2D eigenvalue weighted by Gasteiger charge is 2.35. The van der Waals surface area contributed by atoms with Crippen molar-refractivity contribution >= 4 is 17.4 Å². The normalized spacial score (nSPS) is 13.9. The van der Waals surface area contributed by atoms with Crippen LogP contribution in [-0.2, 0) is 6.18 Å². The number of rotatable bonds is 1. The maximum absolute atomic E-state index is 12.8. The summed E-state index contributed by atoms with van der Waals surface area (Å²) in [5.74, 6) is 0. The van der Waals surface area contributed by atoms with Crippen LogP contribution in [0.5, 0.6) is 0 Å². The van der Waals surface area contributed by atoms with Gasteiger partial charge >= 0.3 is 12.2 Å². The largest absolute Gasteiger partial charge is 0.426 e. The molecule has 0 aromatic carbocycles. The Bertz CT molecular complexity index is 794. The van der Waals surface area contributed by atoms with Gasteiger partial charge in [-0.15, -0.1) is 11.3 Å². The molecule has 0 aliphatic carbocycles. The fourth-order valence-corrected chi connectivity index (χ4v) is 2.52. The molecule has 19 heavy (non-hydrogen) atoms. The monoisotopic (exact) mass is 283 g/mol. The topological polar surface area (TPSA) is 54.7 Å². The van der Waals surface area contributed by atoms with Gasteiger partial charge in [-0.05, 0) is 17.5 Å². The van der Waals surface area contributed by atoms with Crippen molar-refractivity contribution in [3.05, 3.63) is 39.4 Å². The number of fused-ring (bicyclic) bond motifs is 1. The van der Waals surface area contributed by atoms with Crippen molar-refractivity contribution in [3.63, 3.8) is 0 Å². The number of nitrogens with zero attached hydrogens (tertiary/aromatic N) is 3. The predicted molar refractivity (Wildman–Crippen MR) is 60.3 cm³/mol. The summed E-state index contributed by atoms with van der Waals surface area (Å²) in [6, 6.07) is 2.06. The standard InChI is InChI=1S/C11H4F3N3OS/c12-11(13,14)8-6(1-2-19-8)5-3-7-9(15-4-5)17-10(18)16-7/h1-4H. The maximum Gasteiger partial charge on any atom is 0.426 e. The quantitative estimate of drug-likeness (QED) is 0.805. The summed E-state index contributed by atoms with van der Waals surface area (Å²) in [4.78, 5) is 21.2. The van der Waals surface area contributed by atoms with E-state index in [1.165, 1.54) is 23.7 Å². The molecule has 0 bridgehead atoms. The smallest absolute Gasteiger partial charge is 0.244 e. The van der Waals surface area contributed by atoms with E-state index in [4.69, 9.17) is 0 Å². The number of halogens is 3. The third kappa shape index (κ3) is 2.03. The van der Waals surface area contributed by atoms with Crippen molar-refractivity contribution in [3.8, 4) is 11.1 Å². The molecule has 2 amide bonds. The summed E-state index contributed by atoms with van der Waals surface area (Å²) in [6.45, 7) is 0. The lowest BCUT2D eigenvalue weighted by atomic mass is 10.1. The summed E-state index contributed by atoms with van der Waals surface area (Å²) in [5, 5.41) is 1.56. The SMILES string of the molecule is O=C1N=c2cc(-c3ccsc3C(F)(F)F)cnc2=N1. The second-order valence-corrected chi connectivity index (χ2v) is 4.65. The van der Waals surface area contributed by atoms with Crippen molar-refractivity contribution in [2.75, 3.05) is 0 Å². The number of carbonyl (C=O) groups excluding carboxylic acids is 1. The van der Waals surface area contributed by atoms with E-state index in [1.54, 1.807) is 0 Å². The van der Waals surface area contributed by atoms with Crippen LogP contribution in [0.4, 0.5) is 18.0 Å². The Kier molecular flexibility index (Phi) is 2.49. The van der Waals surface area contributed by atoms with E-state index in [0.29, 0.717) is 11.3 Å². The van der Waals surface area contributed by atoms with Crippen LogP contribution < -0.4 is 10.8 Å². The van der Waals surface area contributed by atoms with Crippen LogP contribution in [0.25, 0.3) is 11.1 Å². The summed E-state index contributed by atoms with van der Waals surface area (Å²) in [5.41, 5.74) is 0.431. The van der Waals surface area contributed by atoms with Gasteiger partial charge in [0, 0.05) is 17.3 Å². The third-order valence-electron chi connectivity index (χ3n) is 2.50. The zero-order valence-corrected chi connectivity index (χ0v) is 9.92. The highest BCUT2D eigenvalue weighted by Crippen LogP contribution is 2.40. The van der Waals surface area contributed by atoms with Crippen LogP contribution in [0.15, 0.2) is 33.7 Å². The van der Waals surface area contributed by atoms with E-state index in [0.717, 1.165) is 0 Å². The fraction of sp³-hybridized carbons (Fsp3) is 0.0909. The molecule has 0 saturated heterocycles. The summed E-state index contributed by atoms with van der Waals surface area (Å²) >= 11 is 0.611. The molecule has 1 aliphatic rings. The molecule has 3 heterocycles. The van der Waals surface area contributed by atoms with Gasteiger partial charge in [0.2, 0.25) is 0 Å². The first-order chi connectivity index (χ1) is 8.95. The van der Waals surface area contributed by atoms with E-state index in [1.807, 2.05) is 0 Å². The van der Waals surface area contributed by atoms with Crippen molar-refractivity contribution in [1.82, 2.24) is 4.98 Å². The zero-order chi connectivity index (χ0) is 13.6. The minimum Gasteiger partial charge on any atom is -0.244 e. The van der Waals surface area contributed by atoms with E-state index < -0.39 is 17.1 Å². The van der Waals surface area contributed by atoms with E-state index in [9.17, 15) is 18.0 Å². The van der Waals surface area contributed by atoms with Crippen molar-refractivity contribution < 1.29 is 18.0 Å². The van der Waals surface area contributed by atoms with E-state index in [2.05, 4.69) is 15.0 Å². The Labute approximate surface area is 108 Å². The van der Waals surface area contributed by atoms with E-state index >= 15 is 0 Å². The lowest BCUT2D eigenvalue weighted by Gasteiger charge is -2.06. The second kappa shape index (κ2) is 3.95. The Morgan fingerprint density at radius 1 is 1.21 bits per heavy atom. The molecular formula is C11H4F3N3OS. The molecule has 0 N–H and O–H groups in total. The molecule has 0 unspecified atom stereocenters. The van der Waals surface area contributed by atoms with Gasteiger partial charge in [-0.2, -0.15) is 23.2 Å². The van der Waals surface area contributed by atoms with Crippen LogP contribution in [-0.4, -0.2) is 11.0 Å². The number of urea groups is 1. The summed E-state index contributed by atoms with van der Waals surface area (Å²) in [6.07, 6.45) is -3.16. The van der Waals surface area contributed by atoms with Gasteiger partial charge in [-0.1, -0.05) is 0 Å². The predicted octanol–water partition coefficient (Wildman–Crippen LogP) is 2.20. The highest BCUT2D eigenvalue weighted by molar-refractivity contribution is 7.10. The van der Waals surface area contributed by atoms with Gasteiger partial charge in [0.1, 0.15) is 10.2 Å². The number of carbonyl (C=O) groups is 1. The molecule has 0 spiro atoms. The highest BCUT2D eigenvalue weighted by atomic mass is 32.1. The fourth-order valence-electron chi connectivity index (χ4n) is 1.74. The number of aromatic nitrogens is 1. The summed E-state index contributed by atoms with van der Waals surface area (Å²) < 4.78 is 38.4. The number of hydrogen-bond donors (Lipinski definition) is 0. The van der Waals surface area contributed by atoms with Gasteiger partial charge in [0.05, 0.1) is 0 Å². The Hall–Kier alpha value is -2.09. The molecule has 2 aromatic rings. The number of thiophene rings is 1. The van der Waals surface area contributed by atoms with Crippen molar-refractivity contribution in [2.45, 2.75) is 6.18 Å². The molecule has 0 fully saturated rings. The molecule has 8 heteroatoms. The van der Waals surface area contributed by atoms with Gasteiger partial charge in [0.15, 0.2) is 5.49 Å². The molecule has 3 rings (SSSR count).